The van der Waals surface area contributed by atoms with Gasteiger partial charge in [-0.1, -0.05) is 6.07 Å². The number of hydrogen-bond donors (Lipinski definition) is 3. The van der Waals surface area contributed by atoms with Crippen molar-refractivity contribution in [2.24, 2.45) is 0 Å². The van der Waals surface area contributed by atoms with E-state index in [1.807, 2.05) is 12.1 Å². The molecular weight excluding hydrogens is 240 g/mol. The Labute approximate surface area is 107 Å². The molecule has 2 heterocycles. The molecule has 6 heteroatoms. The molecule has 1 atom stereocenters. The van der Waals surface area contributed by atoms with Gasteiger partial charge in [0.25, 0.3) is 0 Å². The second-order valence-corrected chi connectivity index (χ2v) is 3.88. The predicted octanol–water partition coefficient (Wildman–Crippen LogP) is 0.664. The highest BCUT2D eigenvalue weighted by Gasteiger charge is 2.15. The quantitative estimate of drug-likeness (QED) is 0.745. The van der Waals surface area contributed by atoms with E-state index in [1.165, 1.54) is 0 Å². The third kappa shape index (κ3) is 4.58. The van der Waals surface area contributed by atoms with Crippen LogP contribution in [0.25, 0.3) is 0 Å². The average molecular weight is 257 g/mol. The first-order valence-electron chi connectivity index (χ1n) is 5.48. The van der Waals surface area contributed by atoms with Crippen molar-refractivity contribution in [3.8, 4) is 0 Å². The van der Waals surface area contributed by atoms with Crippen LogP contribution in [-0.4, -0.2) is 30.1 Å². The molecule has 1 aromatic rings. The Hall–Kier alpha value is -1.33. The summed E-state index contributed by atoms with van der Waals surface area (Å²) in [6, 6.07) is 3.94. The number of carbonyl (C=O) groups is 1. The molecule has 1 aliphatic rings. The fourth-order valence-electron chi connectivity index (χ4n) is 1.70. The van der Waals surface area contributed by atoms with E-state index in [0.717, 1.165) is 25.1 Å². The van der Waals surface area contributed by atoms with E-state index in [0.29, 0.717) is 6.54 Å². The number of nitrogens with zero attached hydrogens (tertiary/aromatic N) is 1. The summed E-state index contributed by atoms with van der Waals surface area (Å²) in [5.74, 6) is 0. The molecule has 94 valence electrons. The van der Waals surface area contributed by atoms with Gasteiger partial charge in [-0.15, -0.1) is 12.4 Å². The highest BCUT2D eigenvalue weighted by Crippen LogP contribution is 1.97. The minimum absolute atomic E-state index is 0. The van der Waals surface area contributed by atoms with Gasteiger partial charge in [0.05, 0.1) is 0 Å². The molecule has 1 aliphatic heterocycles. The number of halogens is 1. The predicted molar refractivity (Wildman–Crippen MR) is 68.1 cm³/mol. The van der Waals surface area contributed by atoms with Crippen LogP contribution in [0, 0.1) is 0 Å². The van der Waals surface area contributed by atoms with Gasteiger partial charge in [-0.2, -0.15) is 0 Å². The second-order valence-electron chi connectivity index (χ2n) is 3.88. The fraction of sp³-hybridized carbons (Fsp3) is 0.455. The minimum Gasteiger partial charge on any atom is -0.334 e. The van der Waals surface area contributed by atoms with E-state index in [4.69, 9.17) is 0 Å². The van der Waals surface area contributed by atoms with Gasteiger partial charge < -0.3 is 16.0 Å². The largest absolute Gasteiger partial charge is 0.334 e. The van der Waals surface area contributed by atoms with Gasteiger partial charge in [-0.25, -0.2) is 4.79 Å². The van der Waals surface area contributed by atoms with Crippen molar-refractivity contribution in [1.29, 1.82) is 0 Å². The number of carbonyl (C=O) groups excluding carboxylic acids is 1. The average Bonchev–Trinajstić information content (AvgIpc) is 2.81. The van der Waals surface area contributed by atoms with Gasteiger partial charge >= 0.3 is 6.03 Å². The molecule has 0 unspecified atom stereocenters. The van der Waals surface area contributed by atoms with Crippen molar-refractivity contribution in [3.63, 3.8) is 0 Å². The molecule has 1 aromatic heterocycles. The Balaban J connectivity index is 0.00000144. The molecule has 17 heavy (non-hydrogen) atoms. The Morgan fingerprint density at radius 1 is 1.59 bits per heavy atom. The first-order chi connectivity index (χ1) is 7.84. The number of nitrogens with one attached hydrogen (secondary N) is 3. The van der Waals surface area contributed by atoms with E-state index in [-0.39, 0.29) is 24.5 Å². The molecule has 0 aromatic carbocycles. The lowest BCUT2D eigenvalue weighted by molar-refractivity contribution is 0.237. The van der Waals surface area contributed by atoms with Crippen LogP contribution >= 0.6 is 12.4 Å². The zero-order chi connectivity index (χ0) is 11.2. The maximum atomic E-state index is 11.5. The van der Waals surface area contributed by atoms with Crippen LogP contribution < -0.4 is 16.0 Å². The van der Waals surface area contributed by atoms with E-state index >= 15 is 0 Å². The number of hydrogen-bond acceptors (Lipinski definition) is 3. The van der Waals surface area contributed by atoms with Gasteiger partial charge in [-0.05, 0) is 24.6 Å². The van der Waals surface area contributed by atoms with Crippen LogP contribution in [-0.2, 0) is 6.54 Å². The Kier molecular flexibility index (Phi) is 5.72. The lowest BCUT2D eigenvalue weighted by atomic mass is 10.2. The molecule has 5 nitrogen and oxygen atoms in total. The monoisotopic (exact) mass is 256 g/mol. The number of rotatable bonds is 3. The Morgan fingerprint density at radius 3 is 3.12 bits per heavy atom. The van der Waals surface area contributed by atoms with Crippen molar-refractivity contribution in [2.45, 2.75) is 19.0 Å². The normalized spacial score (nSPS) is 18.2. The number of pyridine rings is 1. The summed E-state index contributed by atoms with van der Waals surface area (Å²) in [7, 11) is 0. The van der Waals surface area contributed by atoms with E-state index in [2.05, 4.69) is 20.9 Å². The molecule has 0 spiro atoms. The topological polar surface area (TPSA) is 66.0 Å². The lowest BCUT2D eigenvalue weighted by Crippen LogP contribution is -2.42. The summed E-state index contributed by atoms with van der Waals surface area (Å²) < 4.78 is 0. The third-order valence-corrected chi connectivity index (χ3v) is 2.57. The van der Waals surface area contributed by atoms with Gasteiger partial charge in [0.15, 0.2) is 0 Å². The van der Waals surface area contributed by atoms with E-state index < -0.39 is 0 Å². The molecule has 0 radical (unpaired) electrons. The summed E-state index contributed by atoms with van der Waals surface area (Å²) in [5.41, 5.74) is 1.00. The summed E-state index contributed by atoms with van der Waals surface area (Å²) in [6.07, 6.45) is 4.46. The second kappa shape index (κ2) is 7.09. The van der Waals surface area contributed by atoms with Gasteiger partial charge in [0.1, 0.15) is 0 Å². The molecule has 1 fully saturated rings. The summed E-state index contributed by atoms with van der Waals surface area (Å²) >= 11 is 0. The van der Waals surface area contributed by atoms with Crippen molar-refractivity contribution in [1.82, 2.24) is 20.9 Å². The Bertz CT molecular complexity index is 341. The van der Waals surface area contributed by atoms with Crippen LogP contribution in [0.1, 0.15) is 12.0 Å². The minimum atomic E-state index is -0.113. The molecule has 0 aliphatic carbocycles. The van der Waals surface area contributed by atoms with E-state index in [1.54, 1.807) is 12.4 Å². The van der Waals surface area contributed by atoms with Crippen molar-refractivity contribution >= 4 is 18.4 Å². The summed E-state index contributed by atoms with van der Waals surface area (Å²) in [4.78, 5) is 15.5. The van der Waals surface area contributed by atoms with Gasteiger partial charge in [-0.3, -0.25) is 4.98 Å². The molecule has 2 amide bonds. The van der Waals surface area contributed by atoms with E-state index in [9.17, 15) is 4.79 Å². The number of aromatic nitrogens is 1. The van der Waals surface area contributed by atoms with Crippen molar-refractivity contribution in [3.05, 3.63) is 30.1 Å². The summed E-state index contributed by atoms with van der Waals surface area (Å²) in [5, 5.41) is 8.92. The zero-order valence-electron chi connectivity index (χ0n) is 9.48. The van der Waals surface area contributed by atoms with Crippen LogP contribution in [0.2, 0.25) is 0 Å². The smallest absolute Gasteiger partial charge is 0.315 e. The standard InChI is InChI=1S/C11H16N4O.ClH/c16-11(15-10-3-5-13-8-10)14-7-9-2-1-4-12-6-9;/h1-2,4,6,10,13H,3,5,7-8H2,(H2,14,15,16);1H/t10-;/m1./s1. The number of amides is 2. The molecule has 1 saturated heterocycles. The van der Waals surface area contributed by atoms with Crippen LogP contribution in [0.3, 0.4) is 0 Å². The highest BCUT2D eigenvalue weighted by atomic mass is 35.5. The highest BCUT2D eigenvalue weighted by molar-refractivity contribution is 5.85. The fourth-order valence-corrected chi connectivity index (χ4v) is 1.70. The molecule has 0 bridgehead atoms. The van der Waals surface area contributed by atoms with Gasteiger partial charge in [0, 0.05) is 31.5 Å². The lowest BCUT2D eigenvalue weighted by Gasteiger charge is -2.12. The van der Waals surface area contributed by atoms with Crippen molar-refractivity contribution < 1.29 is 4.79 Å². The van der Waals surface area contributed by atoms with Crippen LogP contribution in [0.15, 0.2) is 24.5 Å². The Morgan fingerprint density at radius 2 is 2.47 bits per heavy atom. The summed E-state index contributed by atoms with van der Waals surface area (Å²) in [6.45, 7) is 2.35. The molecule has 2 rings (SSSR count). The van der Waals surface area contributed by atoms with Gasteiger partial charge in [0.2, 0.25) is 0 Å². The molecule has 0 saturated carbocycles. The van der Waals surface area contributed by atoms with Crippen LogP contribution in [0.4, 0.5) is 4.79 Å². The third-order valence-electron chi connectivity index (χ3n) is 2.57. The first kappa shape index (κ1) is 13.7. The first-order valence-corrected chi connectivity index (χ1v) is 5.48. The SMILES string of the molecule is Cl.O=C(NCc1cccnc1)N[C@@H]1CCNC1. The zero-order valence-corrected chi connectivity index (χ0v) is 10.3. The van der Waals surface area contributed by atoms with Crippen molar-refractivity contribution in [2.75, 3.05) is 13.1 Å². The van der Waals surface area contributed by atoms with Crippen LogP contribution in [0.5, 0.6) is 0 Å². The maximum absolute atomic E-state index is 11.5. The maximum Gasteiger partial charge on any atom is 0.315 e. The molecular formula is C11H17ClN4O. The molecule has 3 N–H and O–H groups in total. The number of urea groups is 1.